The van der Waals surface area contributed by atoms with Crippen LogP contribution >= 0.6 is 56.9 Å². The average Bonchev–Trinajstić information content (AvgIpc) is 1.53. The van der Waals surface area contributed by atoms with E-state index in [0.717, 1.165) is 76.3 Å². The van der Waals surface area contributed by atoms with Gasteiger partial charge in [-0.1, -0.05) is 261 Å². The lowest BCUT2D eigenvalue weighted by Gasteiger charge is -2.32. The van der Waals surface area contributed by atoms with Crippen LogP contribution < -0.4 is 5.46 Å². The Labute approximate surface area is 641 Å². The van der Waals surface area contributed by atoms with Crippen LogP contribution in [0.3, 0.4) is 0 Å². The van der Waals surface area contributed by atoms with Crippen LogP contribution in [0.15, 0.2) is 303 Å². The van der Waals surface area contributed by atoms with Crippen molar-refractivity contribution in [3.63, 3.8) is 0 Å². The summed E-state index contributed by atoms with van der Waals surface area (Å²) in [6, 6.07) is 108. The molecule has 0 saturated carbocycles. The molecule has 8 nitrogen and oxygen atoms in total. The van der Waals surface area contributed by atoms with Crippen LogP contribution in [-0.4, -0.2) is 47.4 Å². The fourth-order valence-electron chi connectivity index (χ4n) is 16.2. The SMILES string of the molecule is CC1(C)OB(c2cccc(-c3ccccc3)c2)OC1(C)C.Clc1nc(-n2c3ccccc3c3c4ccccc4c4sc5ccccc5c4c32)c2sc3ccccc3c2n1.c1ccc(-c2cccc(-c3nc(-n4c5ccccc5c5c6ccccc6c6sc7ccccc7c6c54)c4sc5ccccc5c4n3)c2)cc1. The second-order valence-corrected chi connectivity index (χ2v) is 33.2. The Kier molecular flexibility index (Phi) is 15.2. The number of hydrogen-bond donors (Lipinski definition) is 0. The van der Waals surface area contributed by atoms with Gasteiger partial charge in [-0.3, -0.25) is 9.13 Å². The summed E-state index contributed by atoms with van der Waals surface area (Å²) >= 11 is 13.9. The Balaban J connectivity index is 0.000000112. The molecule has 0 unspecified atom stereocenters. The number of para-hydroxylation sites is 2. The second kappa shape index (κ2) is 25.3. The summed E-state index contributed by atoms with van der Waals surface area (Å²) in [6.07, 6.45) is 0. The van der Waals surface area contributed by atoms with Crippen molar-refractivity contribution in [3.05, 3.63) is 309 Å². The van der Waals surface area contributed by atoms with Gasteiger partial charge in [-0.2, -0.15) is 4.98 Å². The monoisotopic (exact) mass is 1480 g/mol. The summed E-state index contributed by atoms with van der Waals surface area (Å²) in [5, 5.41) is 17.7. The van der Waals surface area contributed by atoms with Gasteiger partial charge in [-0.25, -0.2) is 15.0 Å². The van der Waals surface area contributed by atoms with Crippen LogP contribution in [0.2, 0.25) is 5.28 Å². The van der Waals surface area contributed by atoms with E-state index >= 15 is 0 Å². The molecule has 0 amide bonds. The molecule has 0 atom stereocenters. The van der Waals surface area contributed by atoms with Crippen LogP contribution in [0.25, 0.3) is 191 Å². The topological polar surface area (TPSA) is 79.9 Å². The summed E-state index contributed by atoms with van der Waals surface area (Å²) in [6.45, 7) is 8.31. The number of benzene rings is 14. The largest absolute Gasteiger partial charge is 0.494 e. The van der Waals surface area contributed by atoms with Gasteiger partial charge in [-0.05, 0) is 120 Å². The first kappa shape index (κ1) is 64.9. The van der Waals surface area contributed by atoms with Gasteiger partial charge in [0, 0.05) is 98.4 Å². The number of fused-ring (bicyclic) bond motifs is 26. The molecule has 23 rings (SSSR count). The maximum absolute atomic E-state index is 6.66. The van der Waals surface area contributed by atoms with E-state index in [1.807, 2.05) is 28.7 Å². The van der Waals surface area contributed by atoms with Crippen LogP contribution in [0, 0.1) is 0 Å². The van der Waals surface area contributed by atoms with Gasteiger partial charge >= 0.3 is 7.12 Å². The molecule has 514 valence electrons. The minimum absolute atomic E-state index is 0.259. The zero-order valence-electron chi connectivity index (χ0n) is 59.0. The maximum atomic E-state index is 6.66. The Bertz CT molecular complexity index is 7430. The van der Waals surface area contributed by atoms with Gasteiger partial charge in [0.1, 0.15) is 0 Å². The molecular formula is C94H62BClN6O2S4. The fraction of sp³-hybridized carbons (Fsp3) is 0.0638. The van der Waals surface area contributed by atoms with Crippen LogP contribution in [0.4, 0.5) is 0 Å². The average molecular weight is 1480 g/mol. The van der Waals surface area contributed by atoms with Gasteiger partial charge in [0.25, 0.3) is 0 Å². The highest BCUT2D eigenvalue weighted by Gasteiger charge is 2.51. The molecule has 9 heterocycles. The first-order chi connectivity index (χ1) is 53.0. The molecule has 1 aliphatic heterocycles. The summed E-state index contributed by atoms with van der Waals surface area (Å²) in [5.41, 5.74) is 12.7. The van der Waals surface area contributed by atoms with E-state index in [9.17, 15) is 0 Å². The number of aromatic nitrogens is 6. The predicted molar refractivity (Wildman–Crippen MR) is 463 cm³/mol. The van der Waals surface area contributed by atoms with Gasteiger partial charge in [0.15, 0.2) is 17.5 Å². The highest BCUT2D eigenvalue weighted by atomic mass is 35.5. The molecule has 0 spiro atoms. The van der Waals surface area contributed by atoms with Crippen LogP contribution in [-0.2, 0) is 9.31 Å². The smallest absolute Gasteiger partial charge is 0.399 e. The summed E-state index contributed by atoms with van der Waals surface area (Å²) in [7, 11) is -0.307. The molecule has 0 radical (unpaired) electrons. The first-order valence-corrected chi connectivity index (χ1v) is 39.8. The molecule has 1 aliphatic rings. The van der Waals surface area contributed by atoms with E-state index in [0.29, 0.717) is 0 Å². The molecule has 14 aromatic carbocycles. The number of thiophene rings is 4. The van der Waals surface area contributed by atoms with Crippen molar-refractivity contribution in [2.24, 2.45) is 0 Å². The van der Waals surface area contributed by atoms with E-state index in [1.54, 1.807) is 22.7 Å². The predicted octanol–water partition coefficient (Wildman–Crippen LogP) is 26.6. The zero-order chi connectivity index (χ0) is 72.1. The van der Waals surface area contributed by atoms with Crippen molar-refractivity contribution in [3.8, 4) is 45.3 Å². The molecule has 0 bridgehead atoms. The van der Waals surface area contributed by atoms with Crippen molar-refractivity contribution in [2.45, 2.75) is 38.9 Å². The number of nitrogens with zero attached hydrogens (tertiary/aromatic N) is 6. The van der Waals surface area contributed by atoms with E-state index in [4.69, 9.17) is 40.8 Å². The summed E-state index contributed by atoms with van der Waals surface area (Å²) in [5.74, 6) is 2.48. The van der Waals surface area contributed by atoms with Crippen molar-refractivity contribution < 1.29 is 9.31 Å². The third kappa shape index (κ3) is 10.3. The Morgan fingerprint density at radius 2 is 0.667 bits per heavy atom. The van der Waals surface area contributed by atoms with Gasteiger partial charge in [-0.15, -0.1) is 45.3 Å². The molecule has 1 fully saturated rings. The lowest BCUT2D eigenvalue weighted by atomic mass is 9.78. The Morgan fingerprint density at radius 3 is 1.17 bits per heavy atom. The van der Waals surface area contributed by atoms with Gasteiger partial charge in [0.05, 0.1) is 53.7 Å². The third-order valence-corrected chi connectivity index (χ3v) is 26.7. The molecule has 1 saturated heterocycles. The molecular weight excluding hydrogens is 1420 g/mol. The minimum atomic E-state index is -0.307. The standard InChI is InChI=1S/C44H25N3S2.C32H16ClN3S2.C18H21BO2/c1-2-13-26(14-3-1)27-15-12-16-28(25-27)43-45-39-33-21-8-11-24-36(33)49-42(39)44(46-43)47-34-22-9-6-19-31(34)37-29-17-4-5-18-30(29)41-38(40(37)47)32-20-7-10-23-35(32)48-41;33-32-34-27-21-13-5-8-16-24(21)38-30(27)31(35-32)36-22-14-6-3-11-19(22)25-17-9-1-2-10-18(17)29-26(28(25)36)20-12-4-7-15-23(20)37-29;1-17(2)18(3,4)21-19(20-17)16-12-8-11-15(13-16)14-9-6-5-7-10-14/h1-25H;1-16H;5-13H,1-4H3. The van der Waals surface area contributed by atoms with Crippen molar-refractivity contribution in [2.75, 3.05) is 0 Å². The van der Waals surface area contributed by atoms with Crippen molar-refractivity contribution in [1.82, 2.24) is 29.1 Å². The highest BCUT2D eigenvalue weighted by Crippen LogP contribution is 2.52. The molecule has 0 aliphatic carbocycles. The molecule has 0 N–H and O–H groups in total. The Morgan fingerprint density at radius 1 is 0.306 bits per heavy atom. The molecule has 108 heavy (non-hydrogen) atoms. The normalized spacial score (nSPS) is 13.7. The molecule has 8 aromatic heterocycles. The third-order valence-electron chi connectivity index (χ3n) is 21.8. The van der Waals surface area contributed by atoms with E-state index in [2.05, 4.69) is 334 Å². The molecule has 14 heteroatoms. The lowest BCUT2D eigenvalue weighted by Crippen LogP contribution is -2.41. The zero-order valence-corrected chi connectivity index (χ0v) is 63.0. The first-order valence-electron chi connectivity index (χ1n) is 36.2. The van der Waals surface area contributed by atoms with E-state index < -0.39 is 0 Å². The number of halogens is 1. The fourth-order valence-corrected chi connectivity index (χ4v) is 21.1. The highest BCUT2D eigenvalue weighted by molar-refractivity contribution is 7.28. The van der Waals surface area contributed by atoms with Crippen LogP contribution in [0.5, 0.6) is 0 Å². The van der Waals surface area contributed by atoms with Crippen LogP contribution in [0.1, 0.15) is 27.7 Å². The summed E-state index contributed by atoms with van der Waals surface area (Å²) in [4.78, 5) is 20.5. The lowest BCUT2D eigenvalue weighted by molar-refractivity contribution is 0.00578. The van der Waals surface area contributed by atoms with Crippen molar-refractivity contribution in [1.29, 1.82) is 0 Å². The Hall–Kier alpha value is -11.5. The molecule has 22 aromatic rings. The second-order valence-electron chi connectivity index (χ2n) is 28.6. The van der Waals surface area contributed by atoms with E-state index in [1.165, 1.54) is 121 Å². The number of hydrogen-bond acceptors (Lipinski definition) is 10. The van der Waals surface area contributed by atoms with Gasteiger partial charge in [0.2, 0.25) is 5.28 Å². The minimum Gasteiger partial charge on any atom is -0.399 e. The maximum Gasteiger partial charge on any atom is 0.494 e. The number of rotatable bonds is 6. The quantitative estimate of drug-likeness (QED) is 0.122. The summed E-state index contributed by atoms with van der Waals surface area (Å²) < 4.78 is 26.7. The van der Waals surface area contributed by atoms with Gasteiger partial charge < -0.3 is 9.31 Å². The van der Waals surface area contributed by atoms with E-state index in [-0.39, 0.29) is 23.6 Å². The van der Waals surface area contributed by atoms with Crippen molar-refractivity contribution >= 4 is 216 Å².